The van der Waals surface area contributed by atoms with Crippen LogP contribution in [0.4, 0.5) is 0 Å². The molecule has 0 fully saturated rings. The van der Waals surface area contributed by atoms with Gasteiger partial charge in [0.15, 0.2) is 6.61 Å². The molecule has 26 heavy (non-hydrogen) atoms. The molecule has 1 aromatic heterocycles. The Kier molecular flexibility index (Phi) is 6.16. The van der Waals surface area contributed by atoms with Gasteiger partial charge in [-0.05, 0) is 31.5 Å². The summed E-state index contributed by atoms with van der Waals surface area (Å²) < 4.78 is 20.3. The molecule has 0 aliphatic rings. The highest BCUT2D eigenvalue weighted by Crippen LogP contribution is 2.29. The lowest BCUT2D eigenvalue weighted by Crippen LogP contribution is -2.17. The minimum Gasteiger partial charge on any atom is -0.481 e. The van der Waals surface area contributed by atoms with Crippen molar-refractivity contribution < 1.29 is 28.2 Å². The molecule has 7 heteroatoms. The Bertz CT molecular complexity index is 908. The van der Waals surface area contributed by atoms with Crippen LogP contribution in [0.5, 0.6) is 5.75 Å². The van der Waals surface area contributed by atoms with E-state index in [0.29, 0.717) is 27.8 Å². The van der Waals surface area contributed by atoms with Crippen molar-refractivity contribution in [1.29, 1.82) is 0 Å². The van der Waals surface area contributed by atoms with Crippen LogP contribution in [-0.4, -0.2) is 32.3 Å². The van der Waals surface area contributed by atoms with Crippen molar-refractivity contribution in [3.63, 3.8) is 0 Å². The highest BCUT2D eigenvalue weighted by Gasteiger charge is 2.18. The van der Waals surface area contributed by atoms with Gasteiger partial charge in [0.05, 0.1) is 19.1 Å². The van der Waals surface area contributed by atoms with Crippen LogP contribution in [0.25, 0.3) is 11.0 Å². The molecule has 0 bridgehead atoms. The summed E-state index contributed by atoms with van der Waals surface area (Å²) in [7, 11) is 1.26. The van der Waals surface area contributed by atoms with Gasteiger partial charge in [-0.3, -0.25) is 4.79 Å². The number of benzene rings is 1. The number of aryl methyl sites for hydroxylation is 2. The third kappa shape index (κ3) is 4.11. The first-order chi connectivity index (χ1) is 12.4. The second-order valence-corrected chi connectivity index (χ2v) is 5.57. The minimum absolute atomic E-state index is 0.107. The van der Waals surface area contributed by atoms with Crippen molar-refractivity contribution in [2.75, 3.05) is 20.3 Å². The Morgan fingerprint density at radius 1 is 1.19 bits per heavy atom. The summed E-state index contributed by atoms with van der Waals surface area (Å²) in [4.78, 5) is 35.3. The van der Waals surface area contributed by atoms with Gasteiger partial charge in [0.2, 0.25) is 0 Å². The molecular formula is C19H20O7. The number of fused-ring (bicyclic) bond motifs is 1. The van der Waals surface area contributed by atoms with Crippen LogP contribution in [0.3, 0.4) is 0 Å². The molecule has 1 heterocycles. The van der Waals surface area contributed by atoms with Gasteiger partial charge >= 0.3 is 17.6 Å². The Morgan fingerprint density at radius 2 is 1.92 bits per heavy atom. The van der Waals surface area contributed by atoms with E-state index in [1.165, 1.54) is 13.2 Å². The van der Waals surface area contributed by atoms with E-state index in [2.05, 4.69) is 11.3 Å². The summed E-state index contributed by atoms with van der Waals surface area (Å²) in [6.07, 6.45) is 1.30. The van der Waals surface area contributed by atoms with Crippen molar-refractivity contribution in [1.82, 2.24) is 0 Å². The third-order valence-corrected chi connectivity index (χ3v) is 3.91. The maximum atomic E-state index is 12.3. The third-order valence-electron chi connectivity index (χ3n) is 3.91. The Hall–Kier alpha value is -3.09. The summed E-state index contributed by atoms with van der Waals surface area (Å²) >= 11 is 0. The second-order valence-electron chi connectivity index (χ2n) is 5.57. The topological polar surface area (TPSA) is 92.0 Å². The zero-order valence-electron chi connectivity index (χ0n) is 14.9. The fourth-order valence-corrected chi connectivity index (χ4v) is 2.48. The van der Waals surface area contributed by atoms with Gasteiger partial charge in [0.1, 0.15) is 17.9 Å². The van der Waals surface area contributed by atoms with Crippen LogP contribution in [0, 0.1) is 13.8 Å². The number of carbonyl (C=O) groups is 2. The molecule has 7 nitrogen and oxygen atoms in total. The Balaban J connectivity index is 2.35. The van der Waals surface area contributed by atoms with E-state index in [0.717, 1.165) is 0 Å². The van der Waals surface area contributed by atoms with Crippen LogP contribution in [0.15, 0.2) is 34.0 Å². The summed E-state index contributed by atoms with van der Waals surface area (Å²) in [5.74, 6) is -0.652. The molecular weight excluding hydrogens is 340 g/mol. The van der Waals surface area contributed by atoms with E-state index in [1.54, 1.807) is 26.0 Å². The molecule has 0 amide bonds. The second kappa shape index (κ2) is 8.33. The lowest BCUT2D eigenvalue weighted by molar-refractivity contribution is -0.144. The molecule has 2 rings (SSSR count). The number of ether oxygens (including phenoxy) is 3. The Labute approximate surface area is 150 Å². The molecule has 0 saturated carbocycles. The normalized spacial score (nSPS) is 10.4. The van der Waals surface area contributed by atoms with Crippen molar-refractivity contribution in [2.24, 2.45) is 0 Å². The molecule has 0 saturated heterocycles. The highest BCUT2D eigenvalue weighted by molar-refractivity contribution is 5.87. The summed E-state index contributed by atoms with van der Waals surface area (Å²) in [5.41, 5.74) is 1.21. The smallest absolute Gasteiger partial charge is 0.344 e. The summed E-state index contributed by atoms with van der Waals surface area (Å²) in [5, 5.41) is 0.683. The minimum atomic E-state index is -0.606. The van der Waals surface area contributed by atoms with E-state index < -0.39 is 17.6 Å². The number of methoxy groups -OCH3 is 1. The zero-order chi connectivity index (χ0) is 19.3. The van der Waals surface area contributed by atoms with E-state index in [4.69, 9.17) is 13.9 Å². The lowest BCUT2D eigenvalue weighted by atomic mass is 10.0. The number of hydrogen-bond acceptors (Lipinski definition) is 7. The van der Waals surface area contributed by atoms with Crippen molar-refractivity contribution >= 4 is 22.9 Å². The lowest BCUT2D eigenvalue weighted by Gasteiger charge is -2.12. The van der Waals surface area contributed by atoms with Gasteiger partial charge in [-0.25, -0.2) is 9.59 Å². The summed E-state index contributed by atoms with van der Waals surface area (Å²) in [6.45, 7) is 6.75. The van der Waals surface area contributed by atoms with E-state index in [9.17, 15) is 14.4 Å². The maximum Gasteiger partial charge on any atom is 0.344 e. The number of hydrogen-bond donors (Lipinski definition) is 0. The molecule has 0 spiro atoms. The average molecular weight is 360 g/mol. The quantitative estimate of drug-likeness (QED) is 0.425. The standard InChI is InChI=1S/C19H20O7/c1-5-8-24-17(21)10-25-15-7-6-13-11(2)14(9-16(20)23-4)19(22)26-18(13)12(15)3/h5-7H,1,8-10H2,2-4H3. The van der Waals surface area contributed by atoms with Gasteiger partial charge in [-0.15, -0.1) is 0 Å². The van der Waals surface area contributed by atoms with Crippen molar-refractivity contribution in [3.05, 3.63) is 51.9 Å². The molecule has 0 aliphatic heterocycles. The van der Waals surface area contributed by atoms with Gasteiger partial charge in [-0.2, -0.15) is 0 Å². The van der Waals surface area contributed by atoms with Crippen molar-refractivity contribution in [2.45, 2.75) is 20.3 Å². The molecule has 0 atom stereocenters. The summed E-state index contributed by atoms with van der Waals surface area (Å²) in [6, 6.07) is 3.39. The monoisotopic (exact) mass is 360 g/mol. The number of esters is 2. The molecule has 1 aromatic carbocycles. The van der Waals surface area contributed by atoms with Crippen molar-refractivity contribution in [3.8, 4) is 5.75 Å². The largest absolute Gasteiger partial charge is 0.481 e. The number of rotatable bonds is 7. The van der Waals surface area contributed by atoms with Crippen LogP contribution < -0.4 is 10.4 Å². The van der Waals surface area contributed by atoms with Gasteiger partial charge in [-0.1, -0.05) is 12.7 Å². The van der Waals surface area contributed by atoms with E-state index in [1.807, 2.05) is 0 Å². The van der Waals surface area contributed by atoms with Crippen LogP contribution in [0.1, 0.15) is 16.7 Å². The van der Waals surface area contributed by atoms with E-state index >= 15 is 0 Å². The van der Waals surface area contributed by atoms with Crippen LogP contribution >= 0.6 is 0 Å². The molecule has 0 radical (unpaired) electrons. The van der Waals surface area contributed by atoms with Gasteiger partial charge in [0, 0.05) is 10.9 Å². The predicted molar refractivity (Wildman–Crippen MR) is 94.3 cm³/mol. The van der Waals surface area contributed by atoms with Crippen LogP contribution in [0.2, 0.25) is 0 Å². The Morgan fingerprint density at radius 3 is 2.58 bits per heavy atom. The van der Waals surface area contributed by atoms with E-state index in [-0.39, 0.29) is 25.2 Å². The zero-order valence-corrected chi connectivity index (χ0v) is 14.9. The van der Waals surface area contributed by atoms with Gasteiger partial charge in [0.25, 0.3) is 0 Å². The molecule has 0 N–H and O–H groups in total. The van der Waals surface area contributed by atoms with Gasteiger partial charge < -0.3 is 18.6 Å². The average Bonchev–Trinajstić information content (AvgIpc) is 2.63. The highest BCUT2D eigenvalue weighted by atomic mass is 16.6. The molecule has 0 unspecified atom stereocenters. The maximum absolute atomic E-state index is 12.3. The SMILES string of the molecule is C=CCOC(=O)COc1ccc2c(C)c(CC(=O)OC)c(=O)oc2c1C. The molecule has 0 aliphatic carbocycles. The first-order valence-corrected chi connectivity index (χ1v) is 7.91. The first-order valence-electron chi connectivity index (χ1n) is 7.91. The fraction of sp³-hybridized carbons (Fsp3) is 0.316. The number of carbonyl (C=O) groups excluding carboxylic acids is 2. The first kappa shape index (κ1) is 19.2. The fourth-order valence-electron chi connectivity index (χ4n) is 2.48. The van der Waals surface area contributed by atoms with Crippen LogP contribution in [-0.2, 0) is 25.5 Å². The predicted octanol–water partition coefficient (Wildman–Crippen LogP) is 2.23. The molecule has 2 aromatic rings. The molecule has 138 valence electrons.